The van der Waals surface area contributed by atoms with Crippen molar-refractivity contribution < 1.29 is 13.9 Å². The van der Waals surface area contributed by atoms with Gasteiger partial charge in [0.05, 0.1) is 22.7 Å². The largest absolute Gasteiger partial charge is 0.430 e. The Hall–Kier alpha value is -2.93. The van der Waals surface area contributed by atoms with E-state index < -0.39 is 5.63 Å². The third-order valence-corrected chi connectivity index (χ3v) is 4.73. The Labute approximate surface area is 149 Å². The van der Waals surface area contributed by atoms with Crippen LogP contribution in [0.15, 0.2) is 45.9 Å². The van der Waals surface area contributed by atoms with Crippen molar-refractivity contribution in [3.8, 4) is 0 Å². The normalized spacial score (nSPS) is 19.8. The predicted molar refractivity (Wildman–Crippen MR) is 95.0 cm³/mol. The molecule has 1 aliphatic heterocycles. The molecule has 1 fully saturated rings. The second kappa shape index (κ2) is 6.42. The third kappa shape index (κ3) is 2.80. The molecule has 26 heavy (non-hydrogen) atoms. The van der Waals surface area contributed by atoms with Gasteiger partial charge in [-0.1, -0.05) is 18.2 Å². The summed E-state index contributed by atoms with van der Waals surface area (Å²) in [5, 5.41) is 8.35. The van der Waals surface area contributed by atoms with Crippen molar-refractivity contribution in [2.45, 2.75) is 25.5 Å². The van der Waals surface area contributed by atoms with E-state index in [-0.39, 0.29) is 18.1 Å². The summed E-state index contributed by atoms with van der Waals surface area (Å²) < 4.78 is 12.6. The molecule has 1 N–H and O–H groups in total. The highest BCUT2D eigenvalue weighted by molar-refractivity contribution is 6.06. The number of hydrogen-bond donors (Lipinski definition) is 1. The van der Waals surface area contributed by atoms with Crippen molar-refractivity contribution in [1.82, 2.24) is 15.1 Å². The van der Waals surface area contributed by atoms with E-state index in [0.717, 1.165) is 11.3 Å². The average Bonchev–Trinajstić information content (AvgIpc) is 3.20. The molecule has 4 rings (SSSR count). The molecule has 2 atom stereocenters. The molecule has 134 valence electrons. The number of fused-ring (bicyclic) bond motifs is 1. The number of carbonyl (C=O) groups is 1. The number of hydrogen-bond acceptors (Lipinski definition) is 5. The van der Waals surface area contributed by atoms with Gasteiger partial charge in [-0.15, -0.1) is 0 Å². The molecule has 7 heteroatoms. The molecule has 0 radical (unpaired) electrons. The minimum atomic E-state index is -0.454. The van der Waals surface area contributed by atoms with Crippen LogP contribution in [0, 0.1) is 6.92 Å². The van der Waals surface area contributed by atoms with Gasteiger partial charge in [0.25, 0.3) is 5.91 Å². The van der Waals surface area contributed by atoms with Gasteiger partial charge in [0.1, 0.15) is 12.4 Å². The van der Waals surface area contributed by atoms with E-state index in [2.05, 4.69) is 10.4 Å². The quantitative estimate of drug-likeness (QED) is 0.779. The molecule has 1 aliphatic rings. The van der Waals surface area contributed by atoms with Gasteiger partial charge in [-0.05, 0) is 19.4 Å². The Morgan fingerprint density at radius 1 is 1.31 bits per heavy atom. The number of amides is 1. The lowest BCUT2D eigenvalue weighted by Gasteiger charge is -2.19. The van der Waals surface area contributed by atoms with Crippen LogP contribution >= 0.6 is 0 Å². The van der Waals surface area contributed by atoms with Gasteiger partial charge in [-0.2, -0.15) is 5.10 Å². The second-order valence-corrected chi connectivity index (χ2v) is 6.49. The maximum atomic E-state index is 12.8. The highest BCUT2D eigenvalue weighted by Crippen LogP contribution is 2.31. The first-order chi connectivity index (χ1) is 12.5. The Morgan fingerprint density at radius 2 is 2.08 bits per heavy atom. The number of rotatable bonds is 3. The summed E-state index contributed by atoms with van der Waals surface area (Å²) in [6.45, 7) is 2.49. The Morgan fingerprint density at radius 3 is 2.81 bits per heavy atom. The lowest BCUT2D eigenvalue weighted by Crippen LogP contribution is -2.37. The maximum absolute atomic E-state index is 12.8. The first-order valence-corrected chi connectivity index (χ1v) is 8.48. The Bertz CT molecular complexity index is 1040. The van der Waals surface area contributed by atoms with Gasteiger partial charge in [-0.3, -0.25) is 9.48 Å². The number of nitrogens with zero attached hydrogens (tertiary/aromatic N) is 2. The molecule has 0 spiro atoms. The van der Waals surface area contributed by atoms with Crippen LogP contribution < -0.4 is 10.9 Å². The molecule has 0 unspecified atom stereocenters. The van der Waals surface area contributed by atoms with Crippen molar-refractivity contribution in [1.29, 1.82) is 0 Å². The second-order valence-electron chi connectivity index (χ2n) is 6.49. The minimum Gasteiger partial charge on any atom is -0.430 e. The van der Waals surface area contributed by atoms with Gasteiger partial charge in [0.2, 0.25) is 0 Å². The monoisotopic (exact) mass is 353 g/mol. The average molecular weight is 353 g/mol. The molecule has 3 aromatic rings. The first kappa shape index (κ1) is 16.5. The van der Waals surface area contributed by atoms with E-state index in [0.29, 0.717) is 29.4 Å². The highest BCUT2D eigenvalue weighted by atomic mass is 16.5. The van der Waals surface area contributed by atoms with Gasteiger partial charge in [0, 0.05) is 30.8 Å². The van der Waals surface area contributed by atoms with Crippen molar-refractivity contribution in [2.75, 3.05) is 6.61 Å². The zero-order valence-corrected chi connectivity index (χ0v) is 14.6. The summed E-state index contributed by atoms with van der Waals surface area (Å²) >= 11 is 0. The summed E-state index contributed by atoms with van der Waals surface area (Å²) in [5.74, 6) is -0.285. The molecule has 1 amide bonds. The van der Waals surface area contributed by atoms with Crippen LogP contribution in [0.1, 0.15) is 34.1 Å². The standard InChI is InChI=1S/C19H19N3O4/c1-11-14(9-22(2)21-11)17-16(7-8-25-17)20-18(23)15-10-26-19(24)13-6-4-3-5-12(13)15/h3-6,9-10,16-17H,7-8H2,1-2H3,(H,20,23)/t16-,17+/m0/s1. The molecular formula is C19H19N3O4. The van der Waals surface area contributed by atoms with Crippen LogP contribution in [0.5, 0.6) is 0 Å². The zero-order chi connectivity index (χ0) is 18.3. The predicted octanol–water partition coefficient (Wildman–Crippen LogP) is 2.09. The molecular weight excluding hydrogens is 334 g/mol. The van der Waals surface area contributed by atoms with Crippen LogP contribution in [0.25, 0.3) is 10.8 Å². The molecule has 2 aromatic heterocycles. The van der Waals surface area contributed by atoms with Gasteiger partial charge < -0.3 is 14.5 Å². The fraction of sp³-hybridized carbons (Fsp3) is 0.316. The minimum absolute atomic E-state index is 0.170. The van der Waals surface area contributed by atoms with Crippen LogP contribution in [0.3, 0.4) is 0 Å². The fourth-order valence-electron chi connectivity index (χ4n) is 3.50. The van der Waals surface area contributed by atoms with E-state index in [1.807, 2.05) is 20.2 Å². The number of aryl methyl sites for hydroxylation is 2. The molecule has 0 saturated carbocycles. The fourth-order valence-corrected chi connectivity index (χ4v) is 3.50. The van der Waals surface area contributed by atoms with Gasteiger partial charge in [0.15, 0.2) is 0 Å². The summed E-state index contributed by atoms with van der Waals surface area (Å²) in [6.07, 6.45) is 3.61. The number of nitrogens with one attached hydrogen (secondary N) is 1. The van der Waals surface area contributed by atoms with E-state index in [1.54, 1.807) is 28.9 Å². The van der Waals surface area contributed by atoms with E-state index >= 15 is 0 Å². The topological polar surface area (TPSA) is 86.4 Å². The molecule has 0 aliphatic carbocycles. The van der Waals surface area contributed by atoms with E-state index in [1.165, 1.54) is 6.26 Å². The van der Waals surface area contributed by atoms with E-state index in [4.69, 9.17) is 9.15 Å². The molecule has 7 nitrogen and oxygen atoms in total. The number of carbonyl (C=O) groups excluding carboxylic acids is 1. The summed E-state index contributed by atoms with van der Waals surface area (Å²) in [5.41, 5.74) is 1.74. The van der Waals surface area contributed by atoms with Crippen LogP contribution in [-0.4, -0.2) is 28.3 Å². The lowest BCUT2D eigenvalue weighted by molar-refractivity contribution is 0.0819. The zero-order valence-electron chi connectivity index (χ0n) is 14.6. The van der Waals surface area contributed by atoms with Crippen molar-refractivity contribution in [2.24, 2.45) is 7.05 Å². The number of benzene rings is 1. The van der Waals surface area contributed by atoms with Crippen molar-refractivity contribution >= 4 is 16.7 Å². The van der Waals surface area contributed by atoms with Gasteiger partial charge >= 0.3 is 5.63 Å². The summed E-state index contributed by atoms with van der Waals surface area (Å²) in [6, 6.07) is 6.76. The Kier molecular flexibility index (Phi) is 4.08. The lowest BCUT2D eigenvalue weighted by atomic mass is 10.0. The smallest absolute Gasteiger partial charge is 0.343 e. The molecule has 1 aromatic carbocycles. The number of ether oxygens (including phenoxy) is 1. The van der Waals surface area contributed by atoms with Gasteiger partial charge in [-0.25, -0.2) is 4.79 Å². The summed E-state index contributed by atoms with van der Waals surface area (Å²) in [4.78, 5) is 24.7. The number of aromatic nitrogens is 2. The SMILES string of the molecule is Cc1nn(C)cc1[C@H]1OCC[C@@H]1NC(=O)c1coc(=O)c2ccccc12. The molecule has 1 saturated heterocycles. The maximum Gasteiger partial charge on any atom is 0.343 e. The van der Waals surface area contributed by atoms with E-state index in [9.17, 15) is 9.59 Å². The van der Waals surface area contributed by atoms with Crippen molar-refractivity contribution in [3.05, 3.63) is 64.0 Å². The van der Waals surface area contributed by atoms with Crippen molar-refractivity contribution in [3.63, 3.8) is 0 Å². The highest BCUT2D eigenvalue weighted by Gasteiger charge is 2.33. The molecule has 3 heterocycles. The summed E-state index contributed by atoms with van der Waals surface area (Å²) in [7, 11) is 1.86. The van der Waals surface area contributed by atoms with Crippen LogP contribution in [-0.2, 0) is 11.8 Å². The Balaban J connectivity index is 1.63. The first-order valence-electron chi connectivity index (χ1n) is 8.48. The third-order valence-electron chi connectivity index (χ3n) is 4.73. The molecule has 0 bridgehead atoms. The van der Waals surface area contributed by atoms with Crippen LogP contribution in [0.2, 0.25) is 0 Å². The van der Waals surface area contributed by atoms with Crippen LogP contribution in [0.4, 0.5) is 0 Å².